The minimum Gasteiger partial charge on any atom is -0.465 e. The van der Waals surface area contributed by atoms with Crippen molar-refractivity contribution in [1.82, 2.24) is 4.98 Å². The molecule has 2 rings (SSSR count). The predicted octanol–water partition coefficient (Wildman–Crippen LogP) is 3.26. The molecule has 0 aromatic carbocycles. The van der Waals surface area contributed by atoms with Gasteiger partial charge in [-0.25, -0.2) is 9.78 Å². The topological polar surface area (TPSA) is 68.3 Å². The predicted molar refractivity (Wildman–Crippen MR) is 84.1 cm³/mol. The summed E-state index contributed by atoms with van der Waals surface area (Å²) in [5, 5.41) is 5.20. The molecule has 5 nitrogen and oxygen atoms in total. The first kappa shape index (κ1) is 15.7. The highest BCUT2D eigenvalue weighted by atomic mass is 32.1. The number of thiophene rings is 1. The minimum absolute atomic E-state index is 0.0864. The number of methoxy groups -OCH3 is 1. The Kier molecular flexibility index (Phi) is 5.46. The molecule has 7 heteroatoms. The molecular formula is C14H16N2O3S2. The maximum absolute atomic E-state index is 11.8. The highest BCUT2D eigenvalue weighted by Crippen LogP contribution is 2.23. The van der Waals surface area contributed by atoms with Gasteiger partial charge >= 0.3 is 5.97 Å². The van der Waals surface area contributed by atoms with Crippen LogP contribution in [0.15, 0.2) is 17.5 Å². The Balaban J connectivity index is 1.83. The van der Waals surface area contributed by atoms with Crippen LogP contribution in [0.2, 0.25) is 0 Å². The number of thiazole rings is 1. The van der Waals surface area contributed by atoms with Crippen LogP contribution in [0, 0.1) is 6.92 Å². The third-order valence-corrected chi connectivity index (χ3v) is 4.81. The molecule has 1 amide bonds. The van der Waals surface area contributed by atoms with Gasteiger partial charge in [-0.05, 0) is 31.2 Å². The van der Waals surface area contributed by atoms with E-state index in [-0.39, 0.29) is 5.91 Å². The Bertz CT molecular complexity index is 620. The molecule has 2 aromatic heterocycles. The van der Waals surface area contributed by atoms with E-state index in [0.717, 1.165) is 24.2 Å². The number of hydrogen-bond acceptors (Lipinski definition) is 6. The van der Waals surface area contributed by atoms with E-state index in [1.54, 1.807) is 18.3 Å². The van der Waals surface area contributed by atoms with Crippen molar-refractivity contribution in [2.24, 2.45) is 0 Å². The molecule has 0 saturated carbocycles. The number of amides is 1. The SMILES string of the molecule is COC(=O)c1sc(NC(=O)CCCc2cccs2)nc1C. The number of carbonyl (C=O) groups excluding carboxylic acids is 2. The lowest BCUT2D eigenvalue weighted by Crippen LogP contribution is -2.11. The molecule has 21 heavy (non-hydrogen) atoms. The lowest BCUT2D eigenvalue weighted by molar-refractivity contribution is -0.116. The average molecular weight is 324 g/mol. The van der Waals surface area contributed by atoms with Crippen molar-refractivity contribution >= 4 is 39.7 Å². The van der Waals surface area contributed by atoms with Gasteiger partial charge in [0.2, 0.25) is 5.91 Å². The maximum atomic E-state index is 11.8. The lowest BCUT2D eigenvalue weighted by atomic mass is 10.2. The second kappa shape index (κ2) is 7.33. The van der Waals surface area contributed by atoms with Crippen LogP contribution in [0.25, 0.3) is 0 Å². The van der Waals surface area contributed by atoms with Crippen molar-refractivity contribution in [3.05, 3.63) is 33.0 Å². The smallest absolute Gasteiger partial charge is 0.350 e. The minimum atomic E-state index is -0.428. The molecule has 0 aliphatic heterocycles. The largest absolute Gasteiger partial charge is 0.465 e. The molecule has 0 fully saturated rings. The summed E-state index contributed by atoms with van der Waals surface area (Å²) in [5.41, 5.74) is 0.570. The van der Waals surface area contributed by atoms with Crippen LogP contribution in [0.4, 0.5) is 5.13 Å². The number of ether oxygens (including phenoxy) is 1. The molecule has 1 N–H and O–H groups in total. The molecule has 0 saturated heterocycles. The molecule has 0 unspecified atom stereocenters. The molecule has 0 bridgehead atoms. The summed E-state index contributed by atoms with van der Waals surface area (Å²) in [6.45, 7) is 1.72. The summed E-state index contributed by atoms with van der Waals surface area (Å²) in [6.07, 6.45) is 2.13. The molecule has 112 valence electrons. The first-order valence-corrected chi connectivity index (χ1v) is 8.17. The monoisotopic (exact) mass is 324 g/mol. The van der Waals surface area contributed by atoms with E-state index in [1.165, 1.54) is 12.0 Å². The van der Waals surface area contributed by atoms with Crippen molar-refractivity contribution in [1.29, 1.82) is 0 Å². The van der Waals surface area contributed by atoms with Gasteiger partial charge in [-0.15, -0.1) is 11.3 Å². The second-order valence-corrected chi connectivity index (χ2v) is 6.44. The number of carbonyl (C=O) groups is 2. The molecule has 0 spiro atoms. The zero-order valence-electron chi connectivity index (χ0n) is 11.8. The van der Waals surface area contributed by atoms with E-state index in [9.17, 15) is 9.59 Å². The standard InChI is InChI=1S/C14H16N2O3S2/c1-9-12(13(18)19-2)21-14(15-9)16-11(17)7-3-5-10-6-4-8-20-10/h4,6,8H,3,5,7H2,1-2H3,(H,15,16,17). The van der Waals surface area contributed by atoms with Gasteiger partial charge in [-0.3, -0.25) is 4.79 Å². The molecule has 0 aliphatic rings. The molecule has 0 aliphatic carbocycles. The zero-order valence-corrected chi connectivity index (χ0v) is 13.5. The second-order valence-electron chi connectivity index (χ2n) is 4.41. The van der Waals surface area contributed by atoms with E-state index in [4.69, 9.17) is 0 Å². The first-order valence-electron chi connectivity index (χ1n) is 6.48. The molecule has 0 radical (unpaired) electrons. The van der Waals surface area contributed by atoms with Gasteiger partial charge in [0.05, 0.1) is 12.8 Å². The number of anilines is 1. The normalized spacial score (nSPS) is 10.4. The number of nitrogens with one attached hydrogen (secondary N) is 1. The van der Waals surface area contributed by atoms with Crippen LogP contribution in [0.3, 0.4) is 0 Å². The van der Waals surface area contributed by atoms with Gasteiger partial charge in [-0.1, -0.05) is 17.4 Å². The lowest BCUT2D eigenvalue weighted by Gasteiger charge is -2.00. The maximum Gasteiger partial charge on any atom is 0.350 e. The summed E-state index contributed by atoms with van der Waals surface area (Å²) in [7, 11) is 1.32. The summed E-state index contributed by atoms with van der Waals surface area (Å²) < 4.78 is 4.66. The Hall–Kier alpha value is -1.73. The summed E-state index contributed by atoms with van der Waals surface area (Å²) in [4.78, 5) is 29.2. The Morgan fingerprint density at radius 2 is 2.24 bits per heavy atom. The Labute approximate surface area is 131 Å². The molecular weight excluding hydrogens is 308 g/mol. The van der Waals surface area contributed by atoms with Gasteiger partial charge in [0, 0.05) is 11.3 Å². The molecule has 2 heterocycles. The fourth-order valence-corrected chi connectivity index (χ4v) is 3.44. The van der Waals surface area contributed by atoms with Crippen molar-refractivity contribution in [2.75, 3.05) is 12.4 Å². The van der Waals surface area contributed by atoms with E-state index in [2.05, 4.69) is 21.1 Å². The van der Waals surface area contributed by atoms with Crippen LogP contribution < -0.4 is 5.32 Å². The van der Waals surface area contributed by atoms with Crippen LogP contribution in [-0.4, -0.2) is 24.0 Å². The van der Waals surface area contributed by atoms with E-state index in [0.29, 0.717) is 22.1 Å². The highest BCUT2D eigenvalue weighted by Gasteiger charge is 2.16. The van der Waals surface area contributed by atoms with Crippen molar-refractivity contribution in [3.63, 3.8) is 0 Å². The number of rotatable bonds is 6. The zero-order chi connectivity index (χ0) is 15.2. The van der Waals surface area contributed by atoms with E-state index >= 15 is 0 Å². The number of hydrogen-bond donors (Lipinski definition) is 1. The van der Waals surface area contributed by atoms with Crippen molar-refractivity contribution < 1.29 is 14.3 Å². The van der Waals surface area contributed by atoms with Gasteiger partial charge in [0.1, 0.15) is 4.88 Å². The van der Waals surface area contributed by atoms with Crippen molar-refractivity contribution in [2.45, 2.75) is 26.2 Å². The summed E-state index contributed by atoms with van der Waals surface area (Å²) in [6, 6.07) is 4.07. The summed E-state index contributed by atoms with van der Waals surface area (Å²) >= 11 is 2.83. The quantitative estimate of drug-likeness (QED) is 0.828. The third kappa shape index (κ3) is 4.37. The molecule has 2 aromatic rings. The van der Waals surface area contributed by atoms with Gasteiger partial charge in [0.15, 0.2) is 5.13 Å². The van der Waals surface area contributed by atoms with E-state index < -0.39 is 5.97 Å². The number of aryl methyl sites for hydroxylation is 2. The third-order valence-electron chi connectivity index (χ3n) is 2.82. The van der Waals surface area contributed by atoms with Gasteiger partial charge < -0.3 is 10.1 Å². The van der Waals surface area contributed by atoms with Gasteiger partial charge in [-0.2, -0.15) is 0 Å². The fourth-order valence-electron chi connectivity index (χ4n) is 1.79. The average Bonchev–Trinajstić information content (AvgIpc) is 3.08. The number of nitrogens with zero attached hydrogens (tertiary/aromatic N) is 1. The Morgan fingerprint density at radius 1 is 1.43 bits per heavy atom. The fraction of sp³-hybridized carbons (Fsp3) is 0.357. The first-order chi connectivity index (χ1) is 10.1. The van der Waals surface area contributed by atoms with Crippen LogP contribution in [-0.2, 0) is 16.0 Å². The number of esters is 1. The molecule has 0 atom stereocenters. The van der Waals surface area contributed by atoms with Crippen LogP contribution in [0.1, 0.15) is 33.1 Å². The van der Waals surface area contributed by atoms with Crippen molar-refractivity contribution in [3.8, 4) is 0 Å². The van der Waals surface area contributed by atoms with E-state index in [1.807, 2.05) is 11.4 Å². The van der Waals surface area contributed by atoms with Crippen LogP contribution >= 0.6 is 22.7 Å². The van der Waals surface area contributed by atoms with Crippen LogP contribution in [0.5, 0.6) is 0 Å². The van der Waals surface area contributed by atoms with Gasteiger partial charge in [0.25, 0.3) is 0 Å². The summed E-state index contributed by atoms with van der Waals surface area (Å²) in [5.74, 6) is -0.514. The Morgan fingerprint density at radius 3 is 2.90 bits per heavy atom. The highest BCUT2D eigenvalue weighted by molar-refractivity contribution is 7.17. The number of aromatic nitrogens is 1.